The maximum absolute atomic E-state index is 14.4. The molecule has 29 heavy (non-hydrogen) atoms. The third kappa shape index (κ3) is 3.82. The van der Waals surface area contributed by atoms with E-state index in [0.29, 0.717) is 12.2 Å². The number of hydrogen-bond donors (Lipinski definition) is 2. The molecule has 2 aromatic carbocycles. The van der Waals surface area contributed by atoms with Crippen molar-refractivity contribution in [2.45, 2.75) is 34.1 Å². The molecule has 3 rings (SSSR count). The van der Waals surface area contributed by atoms with Crippen molar-refractivity contribution in [2.75, 3.05) is 0 Å². The fourth-order valence-corrected chi connectivity index (χ4v) is 3.59. The first-order chi connectivity index (χ1) is 13.8. The zero-order valence-electron chi connectivity index (χ0n) is 16.7. The highest BCUT2D eigenvalue weighted by Gasteiger charge is 2.17. The first-order valence-electron chi connectivity index (χ1n) is 9.22. The summed E-state index contributed by atoms with van der Waals surface area (Å²) in [6.07, 6.45) is 2.67. The van der Waals surface area contributed by atoms with Gasteiger partial charge in [-0.15, -0.1) is 0 Å². The lowest BCUT2D eigenvalue weighted by Crippen LogP contribution is -2.25. The molecule has 0 spiro atoms. The van der Waals surface area contributed by atoms with Crippen molar-refractivity contribution in [1.29, 1.82) is 0 Å². The highest BCUT2D eigenvalue weighted by Crippen LogP contribution is 2.23. The molecule has 0 bridgehead atoms. The van der Waals surface area contributed by atoms with Crippen molar-refractivity contribution in [3.8, 4) is 5.69 Å². The zero-order valence-corrected chi connectivity index (χ0v) is 16.7. The first kappa shape index (κ1) is 20.4. The van der Waals surface area contributed by atoms with E-state index in [1.807, 2.05) is 39.8 Å². The Hall–Kier alpha value is -3.32. The summed E-state index contributed by atoms with van der Waals surface area (Å²) in [5.41, 5.74) is 5.20. The number of halogens is 1. The number of carbonyl (C=O) groups excluding carboxylic acids is 1. The number of hydroxylamine groups is 1. The van der Waals surface area contributed by atoms with Crippen molar-refractivity contribution >= 4 is 22.9 Å². The van der Waals surface area contributed by atoms with Crippen LogP contribution in [0.25, 0.3) is 22.7 Å². The second-order valence-corrected chi connectivity index (χ2v) is 6.97. The Morgan fingerprint density at radius 1 is 1.21 bits per heavy atom. The van der Waals surface area contributed by atoms with Crippen LogP contribution in [0, 0.1) is 26.6 Å². The van der Waals surface area contributed by atoms with Gasteiger partial charge in [0, 0.05) is 24.1 Å². The van der Waals surface area contributed by atoms with Gasteiger partial charge >= 0.3 is 0 Å². The lowest BCUT2D eigenvalue weighted by molar-refractivity contribution is -0.124. The van der Waals surface area contributed by atoms with E-state index in [1.54, 1.807) is 4.57 Å². The summed E-state index contributed by atoms with van der Waals surface area (Å²) in [6.45, 7) is 7.77. The van der Waals surface area contributed by atoms with E-state index in [9.17, 15) is 14.0 Å². The minimum absolute atomic E-state index is 0.0492. The summed E-state index contributed by atoms with van der Waals surface area (Å²) in [4.78, 5) is 29.1. The van der Waals surface area contributed by atoms with Crippen LogP contribution in [0.1, 0.15) is 35.0 Å². The van der Waals surface area contributed by atoms with Crippen molar-refractivity contribution in [3.05, 3.63) is 74.6 Å². The molecule has 0 aliphatic carbocycles. The normalized spacial score (nSPS) is 11.4. The smallest absolute Gasteiger partial charge is 0.267 e. The Morgan fingerprint density at radius 3 is 2.45 bits per heavy atom. The van der Waals surface area contributed by atoms with Gasteiger partial charge in [-0.2, -0.15) is 0 Å². The number of rotatable bonds is 4. The zero-order chi connectivity index (χ0) is 21.3. The van der Waals surface area contributed by atoms with Gasteiger partial charge in [-0.05, 0) is 44.0 Å². The quantitative estimate of drug-likeness (QED) is 0.402. The van der Waals surface area contributed by atoms with Crippen LogP contribution >= 0.6 is 0 Å². The molecule has 150 valence electrons. The molecule has 0 saturated carbocycles. The molecule has 0 aliphatic heterocycles. The van der Waals surface area contributed by atoms with Gasteiger partial charge in [0.05, 0.1) is 16.6 Å². The van der Waals surface area contributed by atoms with Crippen LogP contribution in [-0.2, 0) is 11.2 Å². The van der Waals surface area contributed by atoms with Gasteiger partial charge in [0.1, 0.15) is 11.6 Å². The van der Waals surface area contributed by atoms with Gasteiger partial charge in [-0.25, -0.2) is 14.9 Å². The Morgan fingerprint density at radius 2 is 1.86 bits per heavy atom. The average molecular weight is 395 g/mol. The highest BCUT2D eigenvalue weighted by molar-refractivity contribution is 5.91. The Bertz CT molecular complexity index is 1190. The Labute approximate surface area is 167 Å². The topological polar surface area (TPSA) is 84.2 Å². The fourth-order valence-electron chi connectivity index (χ4n) is 3.59. The summed E-state index contributed by atoms with van der Waals surface area (Å²) in [7, 11) is 0. The summed E-state index contributed by atoms with van der Waals surface area (Å²) in [5.74, 6) is -0.874. The largest absolute Gasteiger partial charge is 0.288 e. The molecule has 1 heterocycles. The molecule has 2 N–H and O–H groups in total. The fraction of sp³-hybridized carbons (Fsp3) is 0.227. The molecule has 1 aromatic heterocycles. The molecule has 1 amide bonds. The van der Waals surface area contributed by atoms with Crippen LogP contribution in [0.15, 0.2) is 35.1 Å². The summed E-state index contributed by atoms with van der Waals surface area (Å²) in [6, 6.07) is 6.57. The number of aromatic nitrogens is 2. The number of nitrogens with one attached hydrogen (secondary N) is 1. The number of carbonyl (C=O) groups is 1. The average Bonchev–Trinajstić information content (AvgIpc) is 2.67. The number of nitrogens with zero attached hydrogens (tertiary/aromatic N) is 2. The van der Waals surface area contributed by atoms with Crippen LogP contribution in [0.2, 0.25) is 0 Å². The van der Waals surface area contributed by atoms with Crippen molar-refractivity contribution in [3.63, 3.8) is 0 Å². The summed E-state index contributed by atoms with van der Waals surface area (Å²) in [5, 5.41) is 8.82. The van der Waals surface area contributed by atoms with E-state index in [0.717, 1.165) is 28.5 Å². The lowest BCUT2D eigenvalue weighted by Gasteiger charge is -2.18. The minimum Gasteiger partial charge on any atom is -0.288 e. The first-order valence-corrected chi connectivity index (χ1v) is 9.22. The number of benzene rings is 2. The molecule has 0 aliphatic rings. The van der Waals surface area contributed by atoms with Gasteiger partial charge in [0.15, 0.2) is 0 Å². The standard InChI is InChI=1S/C22H22FN3O3/c1-5-19-24-18-11-17(23)15(6-7-20(27)25-29)10-16(18)22(28)26(19)21-13(3)8-12(2)9-14(21)4/h6-11,29H,5H2,1-4H3,(H,25,27)/b7-6+. The number of amides is 1. The third-order valence-electron chi connectivity index (χ3n) is 4.76. The maximum atomic E-state index is 14.4. The van der Waals surface area contributed by atoms with Gasteiger partial charge in [0.25, 0.3) is 11.5 Å². The number of fused-ring (bicyclic) bond motifs is 1. The molecule has 3 aromatic rings. The van der Waals surface area contributed by atoms with E-state index in [4.69, 9.17) is 5.21 Å². The van der Waals surface area contributed by atoms with Crippen molar-refractivity contribution in [1.82, 2.24) is 15.0 Å². The summed E-state index contributed by atoms with van der Waals surface area (Å²) < 4.78 is 16.0. The Balaban J connectivity index is 2.34. The monoisotopic (exact) mass is 395 g/mol. The van der Waals surface area contributed by atoms with E-state index < -0.39 is 11.7 Å². The second kappa shape index (κ2) is 7.97. The lowest BCUT2D eigenvalue weighted by atomic mass is 10.0. The predicted molar refractivity (Wildman–Crippen MR) is 110 cm³/mol. The molecular formula is C22H22FN3O3. The van der Waals surface area contributed by atoms with E-state index in [1.165, 1.54) is 23.7 Å². The van der Waals surface area contributed by atoms with Gasteiger partial charge in [-0.1, -0.05) is 24.6 Å². The highest BCUT2D eigenvalue weighted by atomic mass is 19.1. The van der Waals surface area contributed by atoms with Crippen LogP contribution in [-0.4, -0.2) is 20.7 Å². The molecule has 0 unspecified atom stereocenters. The van der Waals surface area contributed by atoms with Crippen LogP contribution in [0.5, 0.6) is 0 Å². The van der Waals surface area contributed by atoms with Gasteiger partial charge in [-0.3, -0.25) is 19.4 Å². The van der Waals surface area contributed by atoms with E-state index in [2.05, 4.69) is 4.98 Å². The molecule has 7 heteroatoms. The second-order valence-electron chi connectivity index (χ2n) is 6.97. The molecule has 0 saturated heterocycles. The van der Waals surface area contributed by atoms with E-state index >= 15 is 0 Å². The van der Waals surface area contributed by atoms with Gasteiger partial charge < -0.3 is 0 Å². The molecule has 6 nitrogen and oxygen atoms in total. The minimum atomic E-state index is -0.799. The van der Waals surface area contributed by atoms with Crippen LogP contribution in [0.3, 0.4) is 0 Å². The molecular weight excluding hydrogens is 373 g/mol. The number of aryl methyl sites for hydroxylation is 4. The van der Waals surface area contributed by atoms with Crippen LogP contribution < -0.4 is 11.0 Å². The predicted octanol–water partition coefficient (Wildman–Crippen LogP) is 3.53. The third-order valence-corrected chi connectivity index (χ3v) is 4.76. The molecule has 0 radical (unpaired) electrons. The van der Waals surface area contributed by atoms with Crippen molar-refractivity contribution in [2.24, 2.45) is 0 Å². The van der Waals surface area contributed by atoms with Crippen molar-refractivity contribution < 1.29 is 14.4 Å². The maximum Gasteiger partial charge on any atom is 0.267 e. The Kier molecular flexibility index (Phi) is 5.61. The number of hydrogen-bond acceptors (Lipinski definition) is 4. The van der Waals surface area contributed by atoms with E-state index in [-0.39, 0.29) is 22.0 Å². The molecule has 0 fully saturated rings. The molecule has 0 atom stereocenters. The summed E-state index contributed by atoms with van der Waals surface area (Å²) >= 11 is 0. The van der Waals surface area contributed by atoms with Crippen LogP contribution in [0.4, 0.5) is 4.39 Å². The van der Waals surface area contributed by atoms with Gasteiger partial charge in [0.2, 0.25) is 0 Å². The SMILES string of the molecule is CCc1nc2cc(F)c(/C=C/C(=O)NO)cc2c(=O)n1-c1c(C)cc(C)cc1C.